The molecule has 0 aliphatic heterocycles. The number of nitrogens with two attached hydrogens (primary N) is 1. The molecule has 0 bridgehead atoms. The Balaban J connectivity index is 0.00000385. The molecule has 0 radical (unpaired) electrons. The van der Waals surface area contributed by atoms with Crippen molar-refractivity contribution < 1.29 is 12.8 Å². The zero-order valence-corrected chi connectivity index (χ0v) is 21.2. The van der Waals surface area contributed by atoms with E-state index in [1.165, 1.54) is 6.08 Å². The maximum absolute atomic E-state index is 14.3. The monoisotopic (exact) mass is 494 g/mol. The molecule has 0 saturated carbocycles. The Hall–Kier alpha value is -2.26. The topological polar surface area (TPSA) is 90.0 Å². The van der Waals surface area contributed by atoms with Crippen molar-refractivity contribution in [3.8, 4) is 11.1 Å². The normalized spacial score (nSPS) is 12.9. The fourth-order valence-corrected chi connectivity index (χ4v) is 5.04. The number of benzene rings is 2. The third-order valence-corrected chi connectivity index (χ3v) is 6.66. The average Bonchev–Trinajstić information content (AvgIpc) is 3.05. The van der Waals surface area contributed by atoms with Crippen LogP contribution in [-0.2, 0) is 16.6 Å². The molecule has 0 aliphatic carbocycles. The van der Waals surface area contributed by atoms with Gasteiger partial charge in [0.05, 0.1) is 22.5 Å². The zero-order valence-electron chi connectivity index (χ0n) is 19.6. The van der Waals surface area contributed by atoms with Crippen LogP contribution in [0.2, 0.25) is 0 Å². The highest BCUT2D eigenvalue weighted by Gasteiger charge is 2.22. The molecular formula is C24H32ClFN4O2S. The van der Waals surface area contributed by atoms with Crippen molar-refractivity contribution in [1.82, 2.24) is 14.3 Å². The van der Waals surface area contributed by atoms with Crippen molar-refractivity contribution in [3.05, 3.63) is 60.2 Å². The van der Waals surface area contributed by atoms with Crippen LogP contribution in [0.25, 0.3) is 22.2 Å². The second-order valence-electron chi connectivity index (χ2n) is 9.15. The number of nitrogens with one attached hydrogen (secondary N) is 1. The van der Waals surface area contributed by atoms with Crippen LogP contribution in [-0.4, -0.2) is 30.1 Å². The number of halogens is 2. The standard InChI is InChI=1S/C24H31FN4O2S.ClH/c1-16(2)23-27-22-20(7-6-8-21(22)29(23)15-18(25)13-14-26)17-9-11-19(12-10-17)32(30,31)28-24(3,4)5;/h6-13,16,28H,14-15,26H2,1-5H3;1H/b18-13-;. The van der Waals surface area contributed by atoms with Crippen LogP contribution in [0.15, 0.2) is 59.3 Å². The molecule has 9 heteroatoms. The number of rotatable bonds is 7. The lowest BCUT2D eigenvalue weighted by Crippen LogP contribution is -2.40. The van der Waals surface area contributed by atoms with Crippen LogP contribution in [0.4, 0.5) is 4.39 Å². The highest BCUT2D eigenvalue weighted by atomic mass is 35.5. The molecule has 3 rings (SSSR count). The van der Waals surface area contributed by atoms with E-state index in [9.17, 15) is 12.8 Å². The second kappa shape index (κ2) is 10.3. The van der Waals surface area contributed by atoms with Crippen LogP contribution in [0, 0.1) is 0 Å². The molecule has 3 N–H and O–H groups in total. The van der Waals surface area contributed by atoms with Gasteiger partial charge in [-0.3, -0.25) is 0 Å². The van der Waals surface area contributed by atoms with Crippen molar-refractivity contribution in [2.24, 2.45) is 5.73 Å². The quantitative estimate of drug-likeness (QED) is 0.476. The Kier molecular flexibility index (Phi) is 8.46. The number of sulfonamides is 1. The summed E-state index contributed by atoms with van der Waals surface area (Å²) in [7, 11) is -3.62. The lowest BCUT2D eigenvalue weighted by molar-refractivity contribution is 0.491. The molecule has 33 heavy (non-hydrogen) atoms. The first-order valence-corrected chi connectivity index (χ1v) is 12.1. The van der Waals surface area contributed by atoms with E-state index in [0.717, 1.165) is 28.0 Å². The minimum Gasteiger partial charge on any atom is -0.327 e. The summed E-state index contributed by atoms with van der Waals surface area (Å²) < 4.78 is 44.1. The SMILES string of the molecule is CC(C)c1nc2c(-c3ccc(S(=O)(=O)NC(C)(C)C)cc3)cccc2n1C/C(F)=C/CN.Cl. The lowest BCUT2D eigenvalue weighted by Gasteiger charge is -2.20. The number of nitrogens with zero attached hydrogens (tertiary/aromatic N) is 2. The van der Waals surface area contributed by atoms with Gasteiger partial charge in [0.15, 0.2) is 0 Å². The Morgan fingerprint density at radius 2 is 1.82 bits per heavy atom. The zero-order chi connectivity index (χ0) is 23.7. The molecule has 0 saturated heterocycles. The molecule has 0 amide bonds. The molecular weight excluding hydrogens is 463 g/mol. The van der Waals surface area contributed by atoms with Gasteiger partial charge >= 0.3 is 0 Å². The van der Waals surface area contributed by atoms with Gasteiger partial charge in [-0.15, -0.1) is 12.4 Å². The molecule has 1 aromatic heterocycles. The maximum Gasteiger partial charge on any atom is 0.241 e. The van der Waals surface area contributed by atoms with E-state index in [1.54, 1.807) is 45.0 Å². The van der Waals surface area contributed by atoms with Gasteiger partial charge in [0.25, 0.3) is 0 Å². The van der Waals surface area contributed by atoms with E-state index in [4.69, 9.17) is 10.7 Å². The van der Waals surface area contributed by atoms with Crippen LogP contribution in [0.1, 0.15) is 46.4 Å². The van der Waals surface area contributed by atoms with Gasteiger partial charge in [-0.25, -0.2) is 22.5 Å². The predicted octanol–water partition coefficient (Wildman–Crippen LogP) is 5.14. The van der Waals surface area contributed by atoms with Crippen molar-refractivity contribution >= 4 is 33.5 Å². The summed E-state index contributed by atoms with van der Waals surface area (Å²) in [6, 6.07) is 12.5. The smallest absolute Gasteiger partial charge is 0.241 e. The van der Waals surface area contributed by atoms with Crippen molar-refractivity contribution in [1.29, 1.82) is 0 Å². The highest BCUT2D eigenvalue weighted by Crippen LogP contribution is 2.32. The first-order chi connectivity index (χ1) is 14.9. The van der Waals surface area contributed by atoms with Gasteiger partial charge < -0.3 is 10.3 Å². The Morgan fingerprint density at radius 3 is 2.36 bits per heavy atom. The van der Waals surface area contributed by atoms with Crippen LogP contribution < -0.4 is 10.5 Å². The highest BCUT2D eigenvalue weighted by molar-refractivity contribution is 7.89. The molecule has 2 aromatic carbocycles. The van der Waals surface area contributed by atoms with Gasteiger partial charge in [-0.1, -0.05) is 38.1 Å². The van der Waals surface area contributed by atoms with Gasteiger partial charge in [0, 0.05) is 23.6 Å². The van der Waals surface area contributed by atoms with Crippen molar-refractivity contribution in [3.63, 3.8) is 0 Å². The van der Waals surface area contributed by atoms with Gasteiger partial charge in [0.2, 0.25) is 10.0 Å². The van der Waals surface area contributed by atoms with Crippen LogP contribution >= 0.6 is 12.4 Å². The van der Waals surface area contributed by atoms with Crippen molar-refractivity contribution in [2.45, 2.75) is 57.5 Å². The summed E-state index contributed by atoms with van der Waals surface area (Å²) in [5.74, 6) is 0.568. The van der Waals surface area contributed by atoms with Gasteiger partial charge in [0.1, 0.15) is 11.7 Å². The summed E-state index contributed by atoms with van der Waals surface area (Å²) in [6.45, 7) is 9.64. The molecule has 0 aliphatic rings. The number of hydrogen-bond donors (Lipinski definition) is 2. The third kappa shape index (κ3) is 6.20. The summed E-state index contributed by atoms with van der Waals surface area (Å²) in [4.78, 5) is 5.03. The summed E-state index contributed by atoms with van der Waals surface area (Å²) >= 11 is 0. The van der Waals surface area contributed by atoms with Crippen LogP contribution in [0.5, 0.6) is 0 Å². The summed E-state index contributed by atoms with van der Waals surface area (Å²) in [6.07, 6.45) is 1.37. The number of aromatic nitrogens is 2. The first-order valence-electron chi connectivity index (χ1n) is 10.6. The Morgan fingerprint density at radius 1 is 1.18 bits per heavy atom. The molecule has 3 aromatic rings. The lowest BCUT2D eigenvalue weighted by atomic mass is 10.0. The molecule has 0 spiro atoms. The summed E-state index contributed by atoms with van der Waals surface area (Å²) in [5, 5.41) is 0. The van der Waals surface area contributed by atoms with Gasteiger partial charge in [-0.05, 0) is 50.6 Å². The van der Waals surface area contributed by atoms with E-state index >= 15 is 0 Å². The van der Waals surface area contributed by atoms with Crippen molar-refractivity contribution in [2.75, 3.05) is 6.54 Å². The third-order valence-electron chi connectivity index (χ3n) is 4.89. The number of fused-ring (bicyclic) bond motifs is 1. The molecule has 1 heterocycles. The Bertz CT molecular complexity index is 1240. The number of hydrogen-bond acceptors (Lipinski definition) is 4. The van der Waals surface area contributed by atoms with Crippen LogP contribution in [0.3, 0.4) is 0 Å². The minimum absolute atomic E-state index is 0. The minimum atomic E-state index is -3.62. The fraction of sp³-hybridized carbons (Fsp3) is 0.375. The van der Waals surface area contributed by atoms with E-state index in [0.29, 0.717) is 0 Å². The Labute approximate surface area is 201 Å². The number of imidazole rings is 1. The molecule has 0 fully saturated rings. The molecule has 0 unspecified atom stereocenters. The number of allylic oxidation sites excluding steroid dienone is 1. The van der Waals surface area contributed by atoms with E-state index in [-0.39, 0.29) is 42.1 Å². The number of para-hydroxylation sites is 1. The van der Waals surface area contributed by atoms with E-state index in [2.05, 4.69) is 4.72 Å². The van der Waals surface area contributed by atoms with E-state index in [1.807, 2.05) is 36.6 Å². The largest absolute Gasteiger partial charge is 0.327 e. The van der Waals surface area contributed by atoms with E-state index < -0.39 is 15.6 Å². The first kappa shape index (κ1) is 27.0. The molecule has 6 nitrogen and oxygen atoms in total. The predicted molar refractivity (Wildman–Crippen MR) is 135 cm³/mol. The second-order valence-corrected chi connectivity index (χ2v) is 10.8. The average molecular weight is 495 g/mol. The fourth-order valence-electron chi connectivity index (χ4n) is 3.62. The maximum atomic E-state index is 14.3. The summed E-state index contributed by atoms with van der Waals surface area (Å²) in [5.41, 5.74) is 8.15. The molecule has 180 valence electrons. The molecule has 0 atom stereocenters. The van der Waals surface area contributed by atoms with Gasteiger partial charge in [-0.2, -0.15) is 0 Å².